The van der Waals surface area contributed by atoms with Gasteiger partial charge in [-0.25, -0.2) is 9.98 Å². The van der Waals surface area contributed by atoms with E-state index in [9.17, 15) is 0 Å². The zero-order valence-electron chi connectivity index (χ0n) is 20.1. The number of ether oxygens (including phenoxy) is 1. The van der Waals surface area contributed by atoms with E-state index in [1.165, 1.54) is 12.8 Å². The van der Waals surface area contributed by atoms with Crippen LogP contribution in [0.1, 0.15) is 37.1 Å². The van der Waals surface area contributed by atoms with E-state index in [0.29, 0.717) is 22.5 Å². The van der Waals surface area contributed by atoms with Gasteiger partial charge in [0.15, 0.2) is 12.5 Å². The molecule has 35 heavy (non-hydrogen) atoms. The molecule has 3 heterocycles. The molecule has 10 heteroatoms. The summed E-state index contributed by atoms with van der Waals surface area (Å²) in [5, 5.41) is 15.7. The number of aryl methyl sites for hydroxylation is 1. The first-order chi connectivity index (χ1) is 17.0. The Balaban J connectivity index is 1.36. The average Bonchev–Trinajstić information content (AvgIpc) is 3.47. The normalized spacial score (nSPS) is 19.3. The van der Waals surface area contributed by atoms with Crippen LogP contribution in [0, 0.1) is 6.92 Å². The molecule has 0 spiro atoms. The van der Waals surface area contributed by atoms with Crippen LogP contribution in [-0.4, -0.2) is 65.0 Å². The monoisotopic (exact) mass is 494 g/mol. The van der Waals surface area contributed by atoms with Crippen LogP contribution in [0.5, 0.6) is 5.75 Å². The highest BCUT2D eigenvalue weighted by Crippen LogP contribution is 2.39. The first-order valence-corrected chi connectivity index (χ1v) is 12.3. The van der Waals surface area contributed by atoms with Crippen molar-refractivity contribution in [2.24, 2.45) is 9.98 Å². The standard InChI is InChI=1S/C25H31ClN8O/c1-15-10-18-19(30-15)6-7-21(25(18)26)35-14-29-24(34-9-8-28-13-16(34)2)12-22(27-3)31-23-11-20(32-33-23)17-4-5-17/h6-7,10-12,16-17,28,30H,3-5,8-9,13-14H2,1-2H3,(H2,31,32,33)/b22-12+,29-24+. The number of fused-ring (bicyclic) bond motifs is 1. The van der Waals surface area contributed by atoms with Crippen molar-refractivity contribution in [2.75, 3.05) is 31.7 Å². The smallest absolute Gasteiger partial charge is 0.181 e. The highest BCUT2D eigenvalue weighted by Gasteiger charge is 2.26. The van der Waals surface area contributed by atoms with Crippen LogP contribution in [0.15, 0.2) is 46.1 Å². The largest absolute Gasteiger partial charge is 0.470 e. The van der Waals surface area contributed by atoms with Crippen LogP contribution < -0.4 is 15.4 Å². The zero-order valence-corrected chi connectivity index (χ0v) is 20.8. The van der Waals surface area contributed by atoms with E-state index in [1.54, 1.807) is 0 Å². The predicted molar refractivity (Wildman–Crippen MR) is 142 cm³/mol. The van der Waals surface area contributed by atoms with Gasteiger partial charge in [-0.3, -0.25) is 5.10 Å². The van der Waals surface area contributed by atoms with Gasteiger partial charge in [0.1, 0.15) is 17.4 Å². The number of aromatic nitrogens is 3. The van der Waals surface area contributed by atoms with Gasteiger partial charge in [0.2, 0.25) is 0 Å². The summed E-state index contributed by atoms with van der Waals surface area (Å²) in [5.74, 6) is 3.26. The summed E-state index contributed by atoms with van der Waals surface area (Å²) in [4.78, 5) is 14.5. The molecule has 2 aliphatic rings. The fourth-order valence-corrected chi connectivity index (χ4v) is 4.62. The number of halogens is 1. The number of amidine groups is 1. The number of rotatable bonds is 8. The van der Waals surface area contributed by atoms with Crippen molar-refractivity contribution in [1.82, 2.24) is 25.4 Å². The number of aliphatic imine (C=N–C) groups is 2. The third-order valence-electron chi connectivity index (χ3n) is 6.39. The van der Waals surface area contributed by atoms with Crippen molar-refractivity contribution in [1.29, 1.82) is 0 Å². The van der Waals surface area contributed by atoms with Crippen molar-refractivity contribution < 1.29 is 4.74 Å². The third-order valence-corrected chi connectivity index (χ3v) is 6.78. The zero-order chi connectivity index (χ0) is 24.4. The summed E-state index contributed by atoms with van der Waals surface area (Å²) in [5.41, 5.74) is 3.19. The molecule has 0 bridgehead atoms. The lowest BCUT2D eigenvalue weighted by molar-refractivity contribution is 0.269. The number of anilines is 1. The Morgan fingerprint density at radius 3 is 3.00 bits per heavy atom. The summed E-state index contributed by atoms with van der Waals surface area (Å²) in [6, 6.07) is 8.15. The molecule has 2 aromatic heterocycles. The number of H-pyrrole nitrogens is 2. The third kappa shape index (κ3) is 5.36. The first kappa shape index (κ1) is 23.4. The molecule has 1 aliphatic heterocycles. The second-order valence-corrected chi connectivity index (χ2v) is 9.50. The van der Waals surface area contributed by atoms with Gasteiger partial charge in [0, 0.05) is 66.0 Å². The quantitative estimate of drug-likeness (QED) is 0.274. The van der Waals surface area contributed by atoms with Crippen molar-refractivity contribution in [3.63, 3.8) is 0 Å². The van der Waals surface area contributed by atoms with Gasteiger partial charge >= 0.3 is 0 Å². The number of hydrogen-bond donors (Lipinski definition) is 4. The predicted octanol–water partition coefficient (Wildman–Crippen LogP) is 4.41. The second kappa shape index (κ2) is 10.1. The van der Waals surface area contributed by atoms with Crippen molar-refractivity contribution >= 4 is 40.9 Å². The molecular formula is C25H31ClN8O. The Morgan fingerprint density at radius 2 is 2.23 bits per heavy atom. The first-order valence-electron chi connectivity index (χ1n) is 11.9. The van der Waals surface area contributed by atoms with Gasteiger partial charge in [0.05, 0.1) is 5.02 Å². The van der Waals surface area contributed by atoms with Gasteiger partial charge in [-0.05, 0) is 51.6 Å². The molecule has 3 aromatic rings. The molecule has 0 amide bonds. The Morgan fingerprint density at radius 1 is 1.37 bits per heavy atom. The Hall–Kier alpha value is -3.30. The van der Waals surface area contributed by atoms with Crippen LogP contribution in [0.25, 0.3) is 10.9 Å². The molecule has 1 unspecified atom stereocenters. The van der Waals surface area contributed by atoms with E-state index in [-0.39, 0.29) is 12.8 Å². The van der Waals surface area contributed by atoms with Gasteiger partial charge < -0.3 is 25.3 Å². The van der Waals surface area contributed by atoms with Crippen molar-refractivity contribution in [2.45, 2.75) is 38.6 Å². The lowest BCUT2D eigenvalue weighted by atomic mass is 10.2. The molecule has 2 fully saturated rings. The molecule has 0 radical (unpaired) electrons. The molecule has 9 nitrogen and oxygen atoms in total. The van der Waals surface area contributed by atoms with E-state index >= 15 is 0 Å². The minimum atomic E-state index is 0.121. The number of benzene rings is 1. The summed E-state index contributed by atoms with van der Waals surface area (Å²) >= 11 is 6.60. The highest BCUT2D eigenvalue weighted by atomic mass is 35.5. The van der Waals surface area contributed by atoms with Gasteiger partial charge in [-0.2, -0.15) is 5.10 Å². The summed E-state index contributed by atoms with van der Waals surface area (Å²) in [7, 11) is 0. The van der Waals surface area contributed by atoms with Gasteiger partial charge in [-0.15, -0.1) is 0 Å². The van der Waals surface area contributed by atoms with E-state index in [0.717, 1.165) is 53.6 Å². The molecule has 1 aliphatic carbocycles. The van der Waals surface area contributed by atoms with E-state index in [2.05, 4.69) is 49.3 Å². The Kier molecular flexibility index (Phi) is 6.79. The average molecular weight is 495 g/mol. The molecule has 184 valence electrons. The maximum absolute atomic E-state index is 6.60. The van der Waals surface area contributed by atoms with E-state index in [4.69, 9.17) is 21.3 Å². The molecular weight excluding hydrogens is 464 g/mol. The lowest BCUT2D eigenvalue weighted by Crippen LogP contribution is -2.52. The maximum atomic E-state index is 6.60. The number of nitrogens with one attached hydrogen (secondary N) is 4. The lowest BCUT2D eigenvalue weighted by Gasteiger charge is -2.35. The highest BCUT2D eigenvalue weighted by molar-refractivity contribution is 6.37. The van der Waals surface area contributed by atoms with E-state index in [1.807, 2.05) is 37.3 Å². The fourth-order valence-electron chi connectivity index (χ4n) is 4.35. The van der Waals surface area contributed by atoms with E-state index < -0.39 is 0 Å². The van der Waals surface area contributed by atoms with Crippen LogP contribution in [-0.2, 0) is 0 Å². The number of piperazine rings is 1. The molecule has 5 rings (SSSR count). The topological polar surface area (TPSA) is 106 Å². The Labute approximate surface area is 209 Å². The minimum absolute atomic E-state index is 0.121. The minimum Gasteiger partial charge on any atom is -0.470 e. The summed E-state index contributed by atoms with van der Waals surface area (Å²) in [6.45, 7) is 10.6. The number of aromatic amines is 2. The number of nitrogens with zero attached hydrogens (tertiary/aromatic N) is 4. The van der Waals surface area contributed by atoms with Crippen molar-refractivity contribution in [3.05, 3.63) is 52.6 Å². The molecule has 1 saturated carbocycles. The van der Waals surface area contributed by atoms with Gasteiger partial charge in [-0.1, -0.05) is 11.6 Å². The van der Waals surface area contributed by atoms with Crippen LogP contribution in [0.4, 0.5) is 5.82 Å². The van der Waals surface area contributed by atoms with Crippen molar-refractivity contribution in [3.8, 4) is 5.75 Å². The van der Waals surface area contributed by atoms with Gasteiger partial charge in [0.25, 0.3) is 0 Å². The SMILES string of the molecule is C=N/C(=C\C(=N/COc1ccc2[nH]c(C)cc2c1Cl)N1CCNCC1C)Nc1cc(C2CC2)[nH]n1. The summed E-state index contributed by atoms with van der Waals surface area (Å²) in [6.07, 6.45) is 4.31. The van der Waals surface area contributed by atoms with Crippen LogP contribution in [0.3, 0.4) is 0 Å². The molecule has 1 aromatic carbocycles. The molecule has 4 N–H and O–H groups in total. The summed E-state index contributed by atoms with van der Waals surface area (Å²) < 4.78 is 5.99. The second-order valence-electron chi connectivity index (χ2n) is 9.12. The van der Waals surface area contributed by atoms with Crippen LogP contribution >= 0.6 is 11.6 Å². The maximum Gasteiger partial charge on any atom is 0.181 e. The number of hydrogen-bond acceptors (Lipinski definition) is 6. The Bertz CT molecular complexity index is 1270. The molecule has 1 atom stereocenters. The van der Waals surface area contributed by atoms with Crippen LogP contribution in [0.2, 0.25) is 5.02 Å². The fraction of sp³-hybridized carbons (Fsp3) is 0.400. The molecule has 1 saturated heterocycles.